The number of nitrogens with one attached hydrogen (secondary N) is 1. The summed E-state index contributed by atoms with van der Waals surface area (Å²) in [4.78, 5) is 0. The Labute approximate surface area is 122 Å². The predicted octanol–water partition coefficient (Wildman–Crippen LogP) is 4.21. The molecule has 5 rings (SSSR count). The molecule has 2 nitrogen and oxygen atoms in total. The van der Waals surface area contributed by atoms with Gasteiger partial charge >= 0.3 is 0 Å². The largest absolute Gasteiger partial charge is 0.397 e. The molecule has 2 heteroatoms. The lowest BCUT2D eigenvalue weighted by Crippen LogP contribution is -2.49. The van der Waals surface area contributed by atoms with Crippen molar-refractivity contribution in [3.05, 3.63) is 23.8 Å². The maximum atomic E-state index is 6.10. The first-order valence-electron chi connectivity index (χ1n) is 8.22. The van der Waals surface area contributed by atoms with Gasteiger partial charge in [0.2, 0.25) is 0 Å². The third kappa shape index (κ3) is 2.10. The van der Waals surface area contributed by atoms with Crippen LogP contribution in [0.2, 0.25) is 0 Å². The smallest absolute Gasteiger partial charge is 0.0576 e. The van der Waals surface area contributed by atoms with Gasteiger partial charge in [0, 0.05) is 6.54 Å². The van der Waals surface area contributed by atoms with Gasteiger partial charge in [0.15, 0.2) is 0 Å². The van der Waals surface area contributed by atoms with Crippen molar-refractivity contribution in [2.24, 2.45) is 23.2 Å². The van der Waals surface area contributed by atoms with Gasteiger partial charge in [0.1, 0.15) is 0 Å². The summed E-state index contributed by atoms with van der Waals surface area (Å²) >= 11 is 0. The molecule has 1 aromatic carbocycles. The molecule has 0 saturated heterocycles. The average molecular weight is 270 g/mol. The normalized spacial score (nSPS) is 38.1. The number of benzene rings is 1. The molecule has 4 fully saturated rings. The second kappa shape index (κ2) is 4.41. The Balaban J connectivity index is 1.50. The fraction of sp³-hybridized carbons (Fsp3) is 0.667. The Morgan fingerprint density at radius 1 is 1.10 bits per heavy atom. The quantitative estimate of drug-likeness (QED) is 0.808. The maximum Gasteiger partial charge on any atom is 0.0576 e. The predicted molar refractivity (Wildman–Crippen MR) is 84.7 cm³/mol. The van der Waals surface area contributed by atoms with Crippen molar-refractivity contribution < 1.29 is 0 Å². The summed E-state index contributed by atoms with van der Waals surface area (Å²) in [6.07, 6.45) is 8.93. The fourth-order valence-corrected chi connectivity index (χ4v) is 5.61. The van der Waals surface area contributed by atoms with Gasteiger partial charge in [0.05, 0.1) is 11.4 Å². The van der Waals surface area contributed by atoms with E-state index in [-0.39, 0.29) is 0 Å². The minimum atomic E-state index is 0.574. The summed E-state index contributed by atoms with van der Waals surface area (Å²) in [5.74, 6) is 3.08. The number of nitrogen functional groups attached to an aromatic ring is 1. The molecule has 0 aliphatic heterocycles. The van der Waals surface area contributed by atoms with Gasteiger partial charge < -0.3 is 11.1 Å². The van der Waals surface area contributed by atoms with E-state index in [2.05, 4.69) is 24.4 Å². The first-order chi connectivity index (χ1) is 9.62. The second-order valence-electron chi connectivity index (χ2n) is 7.86. The van der Waals surface area contributed by atoms with Crippen LogP contribution < -0.4 is 11.1 Å². The molecule has 0 atom stereocenters. The van der Waals surface area contributed by atoms with Gasteiger partial charge in [-0.25, -0.2) is 0 Å². The van der Waals surface area contributed by atoms with E-state index in [0.29, 0.717) is 5.41 Å². The molecule has 4 aliphatic rings. The van der Waals surface area contributed by atoms with E-state index in [9.17, 15) is 0 Å². The Morgan fingerprint density at radius 2 is 1.70 bits per heavy atom. The van der Waals surface area contributed by atoms with Crippen molar-refractivity contribution in [1.82, 2.24) is 0 Å². The number of anilines is 2. The lowest BCUT2D eigenvalue weighted by Gasteiger charge is -2.57. The van der Waals surface area contributed by atoms with Crippen LogP contribution in [0.25, 0.3) is 0 Å². The van der Waals surface area contributed by atoms with Crippen molar-refractivity contribution in [2.75, 3.05) is 17.6 Å². The number of aryl methyl sites for hydroxylation is 1. The van der Waals surface area contributed by atoms with Gasteiger partial charge in [-0.15, -0.1) is 0 Å². The summed E-state index contributed by atoms with van der Waals surface area (Å²) in [5, 5.41) is 3.69. The molecule has 0 spiro atoms. The van der Waals surface area contributed by atoms with Crippen molar-refractivity contribution in [1.29, 1.82) is 0 Å². The van der Waals surface area contributed by atoms with Crippen LogP contribution in [0.4, 0.5) is 11.4 Å². The summed E-state index contributed by atoms with van der Waals surface area (Å²) < 4.78 is 0. The number of rotatable bonds is 3. The van der Waals surface area contributed by atoms with Crippen LogP contribution in [0.3, 0.4) is 0 Å². The van der Waals surface area contributed by atoms with Crippen LogP contribution in [-0.2, 0) is 0 Å². The van der Waals surface area contributed by atoms with Crippen molar-refractivity contribution in [2.45, 2.75) is 45.4 Å². The van der Waals surface area contributed by atoms with Gasteiger partial charge in [-0.3, -0.25) is 0 Å². The Bertz CT molecular complexity index is 485. The molecule has 4 aliphatic carbocycles. The average Bonchev–Trinajstić information content (AvgIpc) is 2.38. The van der Waals surface area contributed by atoms with Crippen LogP contribution in [0.5, 0.6) is 0 Å². The molecule has 3 N–H and O–H groups in total. The van der Waals surface area contributed by atoms with Crippen LogP contribution in [0.15, 0.2) is 18.2 Å². The molecule has 108 valence electrons. The van der Waals surface area contributed by atoms with E-state index in [0.717, 1.165) is 35.7 Å². The Morgan fingerprint density at radius 3 is 2.30 bits per heavy atom. The molecule has 0 aromatic heterocycles. The molecular formula is C18H26N2. The first-order valence-corrected chi connectivity index (χ1v) is 8.22. The van der Waals surface area contributed by atoms with Crippen LogP contribution in [0, 0.1) is 30.1 Å². The highest BCUT2D eigenvalue weighted by atomic mass is 14.9. The number of hydrogen-bond acceptors (Lipinski definition) is 2. The molecule has 0 amide bonds. The van der Waals surface area contributed by atoms with E-state index in [1.807, 2.05) is 6.07 Å². The Hall–Kier alpha value is -1.18. The third-order valence-electron chi connectivity index (χ3n) is 6.03. The van der Waals surface area contributed by atoms with Gasteiger partial charge in [-0.2, -0.15) is 0 Å². The standard InChI is InChI=1S/C18H26N2/c1-12-2-3-16(19)17(4-12)20-11-18-8-13-5-14(9-18)7-15(6-13)10-18/h2-4,13-15,20H,5-11,19H2,1H3. The molecule has 0 radical (unpaired) electrons. The SMILES string of the molecule is Cc1ccc(N)c(NCC23CC4CC(CC(C4)C2)C3)c1. The monoisotopic (exact) mass is 270 g/mol. The minimum Gasteiger partial charge on any atom is -0.397 e. The summed E-state index contributed by atoms with van der Waals surface area (Å²) in [5.41, 5.74) is 9.99. The highest BCUT2D eigenvalue weighted by Crippen LogP contribution is 2.59. The van der Waals surface area contributed by atoms with Crippen molar-refractivity contribution in [3.8, 4) is 0 Å². The van der Waals surface area contributed by atoms with Crippen molar-refractivity contribution >= 4 is 11.4 Å². The zero-order valence-electron chi connectivity index (χ0n) is 12.5. The molecule has 0 unspecified atom stereocenters. The molecule has 4 bridgehead atoms. The van der Waals surface area contributed by atoms with E-state index in [4.69, 9.17) is 5.73 Å². The third-order valence-corrected chi connectivity index (χ3v) is 6.03. The topological polar surface area (TPSA) is 38.0 Å². The summed E-state index contributed by atoms with van der Waals surface area (Å²) in [7, 11) is 0. The highest BCUT2D eigenvalue weighted by Gasteiger charge is 2.50. The molecule has 4 saturated carbocycles. The van der Waals surface area contributed by atoms with E-state index >= 15 is 0 Å². The lowest BCUT2D eigenvalue weighted by atomic mass is 9.49. The van der Waals surface area contributed by atoms with E-state index < -0.39 is 0 Å². The minimum absolute atomic E-state index is 0.574. The highest BCUT2D eigenvalue weighted by molar-refractivity contribution is 5.67. The van der Waals surface area contributed by atoms with Gasteiger partial charge in [-0.05, 0) is 86.3 Å². The number of nitrogens with two attached hydrogens (primary N) is 1. The second-order valence-corrected chi connectivity index (χ2v) is 7.86. The zero-order valence-corrected chi connectivity index (χ0v) is 12.5. The maximum absolute atomic E-state index is 6.10. The van der Waals surface area contributed by atoms with Gasteiger partial charge in [0.25, 0.3) is 0 Å². The zero-order chi connectivity index (χ0) is 13.7. The molecule has 20 heavy (non-hydrogen) atoms. The fourth-order valence-electron chi connectivity index (χ4n) is 5.61. The number of hydrogen-bond donors (Lipinski definition) is 2. The van der Waals surface area contributed by atoms with E-state index in [1.165, 1.54) is 44.1 Å². The molecular weight excluding hydrogens is 244 g/mol. The van der Waals surface area contributed by atoms with Crippen LogP contribution >= 0.6 is 0 Å². The molecule has 1 aromatic rings. The van der Waals surface area contributed by atoms with Crippen LogP contribution in [0.1, 0.15) is 44.1 Å². The van der Waals surface area contributed by atoms with Crippen LogP contribution in [-0.4, -0.2) is 6.54 Å². The summed E-state index contributed by atoms with van der Waals surface area (Å²) in [6.45, 7) is 3.26. The van der Waals surface area contributed by atoms with Gasteiger partial charge in [-0.1, -0.05) is 6.07 Å². The molecule has 0 heterocycles. The van der Waals surface area contributed by atoms with Crippen molar-refractivity contribution in [3.63, 3.8) is 0 Å². The summed E-state index contributed by atoms with van der Waals surface area (Å²) in [6, 6.07) is 6.30. The lowest BCUT2D eigenvalue weighted by molar-refractivity contribution is -0.0444. The van der Waals surface area contributed by atoms with E-state index in [1.54, 1.807) is 0 Å². The first kappa shape index (κ1) is 12.6. The Kier molecular flexibility index (Phi) is 2.77.